The van der Waals surface area contributed by atoms with Gasteiger partial charge in [-0.15, -0.1) is 0 Å². The minimum Gasteiger partial charge on any atom is -0.379 e. The molecule has 1 aromatic heterocycles. The largest absolute Gasteiger partial charge is 0.379 e. The van der Waals surface area contributed by atoms with E-state index in [4.69, 9.17) is 4.74 Å². The van der Waals surface area contributed by atoms with Crippen molar-refractivity contribution in [1.29, 1.82) is 0 Å². The third kappa shape index (κ3) is 3.49. The molecule has 1 aliphatic heterocycles. The van der Waals surface area contributed by atoms with E-state index in [0.717, 1.165) is 5.39 Å². The lowest BCUT2D eigenvalue weighted by atomic mass is 10.1. The van der Waals surface area contributed by atoms with Crippen molar-refractivity contribution in [3.05, 3.63) is 66.4 Å². The molecule has 1 aliphatic rings. The quantitative estimate of drug-likeness (QED) is 0.731. The molecule has 1 N–H and O–H groups in total. The van der Waals surface area contributed by atoms with Crippen LogP contribution in [0.5, 0.6) is 0 Å². The Morgan fingerprint density at radius 3 is 2.57 bits per heavy atom. The second kappa shape index (κ2) is 7.67. The summed E-state index contributed by atoms with van der Waals surface area (Å²) in [5.41, 5.74) is 1.27. The first-order valence-corrected chi connectivity index (χ1v) is 10.3. The van der Waals surface area contributed by atoms with Gasteiger partial charge in [0.25, 0.3) is 5.91 Å². The molecule has 8 heteroatoms. The van der Waals surface area contributed by atoms with Crippen molar-refractivity contribution in [2.75, 3.05) is 31.6 Å². The molecule has 28 heavy (non-hydrogen) atoms. The van der Waals surface area contributed by atoms with Crippen molar-refractivity contribution in [2.45, 2.75) is 4.90 Å². The van der Waals surface area contributed by atoms with Gasteiger partial charge in [0, 0.05) is 24.7 Å². The Morgan fingerprint density at radius 1 is 1.00 bits per heavy atom. The van der Waals surface area contributed by atoms with Gasteiger partial charge in [0.2, 0.25) is 10.0 Å². The summed E-state index contributed by atoms with van der Waals surface area (Å²) in [4.78, 5) is 17.3. The average Bonchev–Trinajstić information content (AvgIpc) is 2.74. The lowest BCUT2D eigenvalue weighted by molar-refractivity contribution is 0.0730. The summed E-state index contributed by atoms with van der Waals surface area (Å²) >= 11 is 0. The number of anilines is 1. The monoisotopic (exact) mass is 397 g/mol. The SMILES string of the molecule is O=C(Nc1cccc2cccnc12)c1ccccc1S(=O)(=O)N1CCOCC1. The van der Waals surface area contributed by atoms with Gasteiger partial charge >= 0.3 is 0 Å². The van der Waals surface area contributed by atoms with E-state index in [1.54, 1.807) is 24.4 Å². The number of amides is 1. The number of pyridine rings is 1. The standard InChI is InChI=1S/C20H19N3O4S/c24-20(22-17-8-3-5-15-6-4-10-21-19(15)17)16-7-1-2-9-18(16)28(25,26)23-11-13-27-14-12-23/h1-10H,11-14H2,(H,22,24). The highest BCUT2D eigenvalue weighted by Crippen LogP contribution is 2.25. The first-order chi connectivity index (χ1) is 13.6. The second-order valence-corrected chi connectivity index (χ2v) is 8.25. The molecule has 1 amide bonds. The van der Waals surface area contributed by atoms with E-state index in [-0.39, 0.29) is 23.5 Å². The third-order valence-corrected chi connectivity index (χ3v) is 6.56. The number of para-hydroxylation sites is 1. The molecule has 4 rings (SSSR count). The van der Waals surface area contributed by atoms with Crippen LogP contribution in [0.3, 0.4) is 0 Å². The van der Waals surface area contributed by atoms with E-state index in [1.807, 2.05) is 24.3 Å². The Labute approximate surface area is 163 Å². The molecule has 144 valence electrons. The van der Waals surface area contributed by atoms with Gasteiger partial charge in [0.05, 0.1) is 34.9 Å². The zero-order valence-corrected chi connectivity index (χ0v) is 15.9. The first kappa shape index (κ1) is 18.5. The normalized spacial score (nSPS) is 15.4. The molecular formula is C20H19N3O4S. The van der Waals surface area contributed by atoms with Gasteiger partial charge in [-0.3, -0.25) is 9.78 Å². The van der Waals surface area contributed by atoms with Crippen LogP contribution in [-0.2, 0) is 14.8 Å². The number of morpholine rings is 1. The van der Waals surface area contributed by atoms with Crippen LogP contribution in [0.4, 0.5) is 5.69 Å². The lowest BCUT2D eigenvalue weighted by Crippen LogP contribution is -2.41. The van der Waals surface area contributed by atoms with Crippen LogP contribution in [0.1, 0.15) is 10.4 Å². The maximum atomic E-state index is 13.1. The fourth-order valence-electron chi connectivity index (χ4n) is 3.20. The third-order valence-electron chi connectivity index (χ3n) is 4.60. The number of sulfonamides is 1. The highest BCUT2D eigenvalue weighted by molar-refractivity contribution is 7.89. The molecule has 7 nitrogen and oxygen atoms in total. The van der Waals surface area contributed by atoms with Crippen LogP contribution in [0.2, 0.25) is 0 Å². The van der Waals surface area contributed by atoms with Crippen molar-refractivity contribution < 1.29 is 17.9 Å². The number of ether oxygens (including phenoxy) is 1. The molecule has 2 aromatic carbocycles. The summed E-state index contributed by atoms with van der Waals surface area (Å²) in [5, 5.41) is 3.69. The number of rotatable bonds is 4. The number of nitrogens with one attached hydrogen (secondary N) is 1. The fourth-order valence-corrected chi connectivity index (χ4v) is 4.80. The Kier molecular flexibility index (Phi) is 5.08. The van der Waals surface area contributed by atoms with E-state index in [2.05, 4.69) is 10.3 Å². The second-order valence-electron chi connectivity index (χ2n) is 6.35. The Morgan fingerprint density at radius 2 is 1.75 bits per heavy atom. The smallest absolute Gasteiger partial charge is 0.257 e. The molecular weight excluding hydrogens is 378 g/mol. The zero-order chi connectivity index (χ0) is 19.6. The molecule has 0 aliphatic carbocycles. The predicted molar refractivity (Wildman–Crippen MR) is 106 cm³/mol. The number of fused-ring (bicyclic) bond motifs is 1. The maximum Gasteiger partial charge on any atom is 0.257 e. The van der Waals surface area contributed by atoms with Gasteiger partial charge in [0.15, 0.2) is 0 Å². The van der Waals surface area contributed by atoms with Crippen molar-refractivity contribution in [3.8, 4) is 0 Å². The fraction of sp³-hybridized carbons (Fsp3) is 0.200. The number of aromatic nitrogens is 1. The summed E-state index contributed by atoms with van der Waals surface area (Å²) in [7, 11) is -3.80. The van der Waals surface area contributed by atoms with E-state index < -0.39 is 15.9 Å². The highest BCUT2D eigenvalue weighted by Gasteiger charge is 2.30. The number of carbonyl (C=O) groups is 1. The van der Waals surface area contributed by atoms with Gasteiger partial charge in [-0.2, -0.15) is 4.31 Å². The van der Waals surface area contributed by atoms with Crippen LogP contribution in [-0.4, -0.2) is 49.9 Å². The predicted octanol–water partition coefficient (Wildman–Crippen LogP) is 2.51. The van der Waals surface area contributed by atoms with Gasteiger partial charge in [-0.05, 0) is 24.3 Å². The number of hydrogen-bond donors (Lipinski definition) is 1. The van der Waals surface area contributed by atoms with Crippen molar-refractivity contribution in [1.82, 2.24) is 9.29 Å². The van der Waals surface area contributed by atoms with Gasteiger partial charge in [-0.1, -0.05) is 30.3 Å². The summed E-state index contributed by atoms with van der Waals surface area (Å²) < 4.78 is 32.7. The van der Waals surface area contributed by atoms with Gasteiger partial charge < -0.3 is 10.1 Å². The van der Waals surface area contributed by atoms with Crippen LogP contribution in [0.15, 0.2) is 65.7 Å². The van der Waals surface area contributed by atoms with E-state index in [0.29, 0.717) is 24.4 Å². The van der Waals surface area contributed by atoms with Gasteiger partial charge in [0.1, 0.15) is 0 Å². The van der Waals surface area contributed by atoms with Crippen LogP contribution in [0.25, 0.3) is 10.9 Å². The Hall–Kier alpha value is -2.81. The molecule has 1 saturated heterocycles. The number of benzene rings is 2. The van der Waals surface area contributed by atoms with Crippen molar-refractivity contribution in [3.63, 3.8) is 0 Å². The summed E-state index contributed by atoms with van der Waals surface area (Å²) in [6.45, 7) is 1.22. The first-order valence-electron chi connectivity index (χ1n) is 8.89. The molecule has 1 fully saturated rings. The van der Waals surface area contributed by atoms with Crippen LogP contribution < -0.4 is 5.32 Å². The van der Waals surface area contributed by atoms with E-state index in [9.17, 15) is 13.2 Å². The Bertz CT molecular complexity index is 1120. The Balaban J connectivity index is 1.69. The maximum absolute atomic E-state index is 13.1. The molecule has 0 spiro atoms. The lowest BCUT2D eigenvalue weighted by Gasteiger charge is -2.26. The van der Waals surface area contributed by atoms with Crippen molar-refractivity contribution >= 4 is 32.5 Å². The molecule has 0 unspecified atom stereocenters. The summed E-state index contributed by atoms with van der Waals surface area (Å²) in [6.07, 6.45) is 1.65. The minimum absolute atomic E-state index is 0.0115. The number of carbonyl (C=O) groups excluding carboxylic acids is 1. The number of hydrogen-bond acceptors (Lipinski definition) is 5. The molecule has 0 saturated carbocycles. The average molecular weight is 397 g/mol. The molecule has 0 bridgehead atoms. The highest BCUT2D eigenvalue weighted by atomic mass is 32.2. The van der Waals surface area contributed by atoms with Crippen LogP contribution >= 0.6 is 0 Å². The molecule has 0 atom stereocenters. The molecule has 0 radical (unpaired) electrons. The van der Waals surface area contributed by atoms with Crippen LogP contribution in [0, 0.1) is 0 Å². The summed E-state index contributed by atoms with van der Waals surface area (Å²) in [6, 6.07) is 15.4. The summed E-state index contributed by atoms with van der Waals surface area (Å²) in [5.74, 6) is -0.495. The zero-order valence-electron chi connectivity index (χ0n) is 15.0. The van der Waals surface area contributed by atoms with E-state index in [1.165, 1.54) is 16.4 Å². The van der Waals surface area contributed by atoms with Gasteiger partial charge in [-0.25, -0.2) is 8.42 Å². The molecule has 2 heterocycles. The topological polar surface area (TPSA) is 88.6 Å². The van der Waals surface area contributed by atoms with Crippen molar-refractivity contribution in [2.24, 2.45) is 0 Å². The molecule has 3 aromatic rings. The van der Waals surface area contributed by atoms with E-state index >= 15 is 0 Å². The minimum atomic E-state index is -3.80. The number of nitrogens with zero attached hydrogens (tertiary/aromatic N) is 2.